The molecular formula is C21H22F4N2O3S. The molecule has 0 aliphatic rings. The van der Waals surface area contributed by atoms with Crippen LogP contribution >= 0.6 is 0 Å². The Balaban J connectivity index is 2.25. The van der Waals surface area contributed by atoms with Crippen LogP contribution in [0.25, 0.3) is 0 Å². The maximum atomic E-state index is 14.4. The number of ether oxygens (including phenoxy) is 1. The average molecular weight is 458 g/mol. The monoisotopic (exact) mass is 458 g/mol. The van der Waals surface area contributed by atoms with Gasteiger partial charge in [-0.1, -0.05) is 55.5 Å². The lowest BCUT2D eigenvalue weighted by atomic mass is 9.94. The Morgan fingerprint density at radius 1 is 1.10 bits per heavy atom. The molecule has 2 atom stereocenters. The van der Waals surface area contributed by atoms with E-state index in [0.717, 1.165) is 6.07 Å². The number of halogens is 4. The molecule has 2 rings (SSSR count). The first-order valence-electron chi connectivity index (χ1n) is 9.32. The molecule has 5 nitrogen and oxygen atoms in total. The molecule has 0 aliphatic carbocycles. The number of alkyl carbamates (subject to hydrolysis) is 1. The topological polar surface area (TPSA) is 67.8 Å². The van der Waals surface area contributed by atoms with Gasteiger partial charge in [0, 0.05) is 5.56 Å². The highest BCUT2D eigenvalue weighted by Crippen LogP contribution is 2.27. The number of nitrogens with zero attached hydrogens (tertiary/aromatic N) is 1. The van der Waals surface area contributed by atoms with Gasteiger partial charge in [0.05, 0.1) is 11.3 Å². The number of nitrogens with one attached hydrogen (secondary N) is 1. The number of carbonyl (C=O) groups is 1. The quantitative estimate of drug-likeness (QED) is 0.445. The lowest BCUT2D eigenvalue weighted by molar-refractivity contribution is -0.0600. The molecule has 0 saturated heterocycles. The van der Waals surface area contributed by atoms with Crippen LogP contribution in [0, 0.1) is 5.82 Å². The van der Waals surface area contributed by atoms with Crippen molar-refractivity contribution in [2.24, 2.45) is 4.40 Å². The summed E-state index contributed by atoms with van der Waals surface area (Å²) in [5.74, 6) is -1.31. The molecule has 2 aromatic carbocycles. The molecule has 1 amide bonds. The molecule has 10 heteroatoms. The van der Waals surface area contributed by atoms with Crippen LogP contribution in [0.1, 0.15) is 31.4 Å². The van der Waals surface area contributed by atoms with Crippen LogP contribution < -0.4 is 5.32 Å². The fourth-order valence-electron chi connectivity index (χ4n) is 2.79. The van der Waals surface area contributed by atoms with Crippen molar-refractivity contribution in [3.05, 3.63) is 71.5 Å². The lowest BCUT2D eigenvalue weighted by Gasteiger charge is -2.30. The molecule has 0 heterocycles. The van der Waals surface area contributed by atoms with E-state index < -0.39 is 52.5 Å². The first-order valence-corrected chi connectivity index (χ1v) is 10.6. The van der Waals surface area contributed by atoms with E-state index in [1.54, 1.807) is 30.3 Å². The summed E-state index contributed by atoms with van der Waals surface area (Å²) in [7, 11) is -2.40. The zero-order valence-corrected chi connectivity index (χ0v) is 17.7. The third-order valence-electron chi connectivity index (χ3n) is 4.35. The first kappa shape index (κ1) is 24.5. The Bertz CT molecular complexity index is 951. The number of carbonyl (C=O) groups excluding carboxylic acids is 1. The third-order valence-corrected chi connectivity index (χ3v) is 5.59. The second-order valence-corrected chi connectivity index (χ2v) is 7.97. The van der Waals surface area contributed by atoms with Gasteiger partial charge in [-0.15, -0.1) is 0 Å². The van der Waals surface area contributed by atoms with Gasteiger partial charge in [-0.25, -0.2) is 13.4 Å². The van der Waals surface area contributed by atoms with Crippen molar-refractivity contribution in [2.75, 3.05) is 5.75 Å². The van der Waals surface area contributed by atoms with Gasteiger partial charge in [0.2, 0.25) is 0 Å². The van der Waals surface area contributed by atoms with Crippen LogP contribution in [0.15, 0.2) is 59.0 Å². The summed E-state index contributed by atoms with van der Waals surface area (Å²) in [5.41, 5.74) is -2.19. The van der Waals surface area contributed by atoms with Gasteiger partial charge in [-0.05, 0) is 25.0 Å². The van der Waals surface area contributed by atoms with E-state index >= 15 is 0 Å². The number of benzene rings is 2. The maximum Gasteiger partial charge on any atom is 0.430 e. The summed E-state index contributed by atoms with van der Waals surface area (Å²) >= 11 is 0. The molecule has 0 saturated carbocycles. The molecule has 31 heavy (non-hydrogen) atoms. The Hall–Kier alpha value is -2.75. The van der Waals surface area contributed by atoms with Crippen molar-refractivity contribution < 1.29 is 31.3 Å². The highest BCUT2D eigenvalue weighted by molar-refractivity contribution is 7.83. The van der Waals surface area contributed by atoms with Gasteiger partial charge in [0.1, 0.15) is 29.1 Å². The molecule has 168 valence electrons. The van der Waals surface area contributed by atoms with E-state index in [0.29, 0.717) is 5.56 Å². The number of hydrogen-bond donors (Lipinski definition) is 1. The van der Waals surface area contributed by atoms with E-state index in [1.807, 2.05) is 0 Å². The van der Waals surface area contributed by atoms with Crippen molar-refractivity contribution in [1.82, 2.24) is 5.32 Å². The Morgan fingerprint density at radius 2 is 1.71 bits per heavy atom. The fraction of sp³-hybridized carbons (Fsp3) is 0.333. The molecule has 0 spiro atoms. The molecule has 2 unspecified atom stereocenters. The lowest BCUT2D eigenvalue weighted by Crippen LogP contribution is -2.48. The highest BCUT2D eigenvalue weighted by Gasteiger charge is 2.37. The van der Waals surface area contributed by atoms with Crippen molar-refractivity contribution in [2.45, 2.75) is 38.6 Å². The molecule has 0 aromatic heterocycles. The highest BCUT2D eigenvalue weighted by atomic mass is 32.2. The van der Waals surface area contributed by atoms with Crippen LogP contribution in [0.2, 0.25) is 0 Å². The largest absolute Gasteiger partial charge is 0.445 e. The molecule has 0 bridgehead atoms. The second kappa shape index (κ2) is 10.5. The van der Waals surface area contributed by atoms with Crippen LogP contribution in [-0.4, -0.2) is 27.9 Å². The van der Waals surface area contributed by atoms with Gasteiger partial charge in [-0.3, -0.25) is 0 Å². The first-order chi connectivity index (χ1) is 14.5. The summed E-state index contributed by atoms with van der Waals surface area (Å²) in [4.78, 5) is 12.4. The van der Waals surface area contributed by atoms with E-state index in [1.165, 1.54) is 32.0 Å². The van der Waals surface area contributed by atoms with Gasteiger partial charge >= 0.3 is 12.3 Å². The van der Waals surface area contributed by atoms with Crippen molar-refractivity contribution in [1.29, 1.82) is 0 Å². The van der Waals surface area contributed by atoms with Gasteiger partial charge in [0.25, 0.3) is 0 Å². The molecule has 1 N–H and O–H groups in total. The van der Waals surface area contributed by atoms with Crippen LogP contribution in [0.4, 0.5) is 22.4 Å². The van der Waals surface area contributed by atoms with Gasteiger partial charge < -0.3 is 10.1 Å². The van der Waals surface area contributed by atoms with E-state index in [9.17, 15) is 26.6 Å². The number of alkyl halides is 3. The number of amides is 1. The van der Waals surface area contributed by atoms with Crippen molar-refractivity contribution in [3.63, 3.8) is 0 Å². The van der Waals surface area contributed by atoms with E-state index in [4.69, 9.17) is 4.74 Å². The summed E-state index contributed by atoms with van der Waals surface area (Å²) in [6.45, 7) is 2.51. The summed E-state index contributed by atoms with van der Waals surface area (Å²) in [6.07, 6.45) is -6.15. The SMILES string of the molecule is CCC(=NS(=O)CC(C)(NC(=O)OCc1ccccc1)c1ccccc1F)C(F)(F)F. The zero-order chi connectivity index (χ0) is 23.1. The summed E-state index contributed by atoms with van der Waals surface area (Å²) < 4.78 is 74.1. The molecule has 0 radical (unpaired) electrons. The Kier molecular flexibility index (Phi) is 8.32. The zero-order valence-electron chi connectivity index (χ0n) is 16.9. The minimum atomic E-state index is -4.74. The molecule has 2 aromatic rings. The predicted molar refractivity (Wildman–Crippen MR) is 110 cm³/mol. The normalized spacial score (nSPS) is 15.1. The minimum absolute atomic E-state index is 0.0553. The standard InChI is InChI=1S/C21H22F4N2O3S/c1-3-18(21(23,24)25)27-31(29)14-20(2,16-11-7-8-12-17(16)22)26-19(28)30-13-15-9-5-4-6-10-15/h4-12H,3,13-14H2,1-2H3,(H,26,28). The predicted octanol–water partition coefficient (Wildman–Crippen LogP) is 5.04. The Morgan fingerprint density at radius 3 is 2.29 bits per heavy atom. The minimum Gasteiger partial charge on any atom is -0.445 e. The van der Waals surface area contributed by atoms with Crippen molar-refractivity contribution in [3.8, 4) is 0 Å². The van der Waals surface area contributed by atoms with Crippen LogP contribution in [0.5, 0.6) is 0 Å². The maximum absolute atomic E-state index is 14.4. The number of hydrogen-bond acceptors (Lipinski definition) is 3. The Labute approximate surface area is 180 Å². The number of rotatable bonds is 8. The van der Waals surface area contributed by atoms with Gasteiger partial charge in [-0.2, -0.15) is 17.6 Å². The summed E-state index contributed by atoms with van der Waals surface area (Å²) in [6, 6.07) is 14.2. The molecular weight excluding hydrogens is 436 g/mol. The average Bonchev–Trinajstić information content (AvgIpc) is 2.70. The van der Waals surface area contributed by atoms with Crippen molar-refractivity contribution >= 4 is 22.8 Å². The fourth-order valence-corrected chi connectivity index (χ4v) is 4.06. The second-order valence-electron chi connectivity index (χ2n) is 6.85. The van der Waals surface area contributed by atoms with Crippen LogP contribution in [0.3, 0.4) is 0 Å². The van der Waals surface area contributed by atoms with Gasteiger partial charge in [0.15, 0.2) is 0 Å². The van der Waals surface area contributed by atoms with E-state index in [2.05, 4.69) is 9.71 Å². The molecule has 0 fully saturated rings. The molecule has 0 aliphatic heterocycles. The summed E-state index contributed by atoms with van der Waals surface area (Å²) in [5, 5.41) is 2.44. The van der Waals surface area contributed by atoms with Crippen LogP contribution in [-0.2, 0) is 27.9 Å². The third kappa shape index (κ3) is 7.16. The smallest absolute Gasteiger partial charge is 0.430 e. The van der Waals surface area contributed by atoms with E-state index in [-0.39, 0.29) is 12.2 Å².